The summed E-state index contributed by atoms with van der Waals surface area (Å²) in [5, 5.41) is 3.24. The minimum absolute atomic E-state index is 0.297. The van der Waals surface area contributed by atoms with Crippen molar-refractivity contribution in [3.8, 4) is 5.82 Å². The highest BCUT2D eigenvalue weighted by molar-refractivity contribution is 5.42. The lowest BCUT2D eigenvalue weighted by Crippen LogP contribution is -2.09. The van der Waals surface area contributed by atoms with Gasteiger partial charge in [0.05, 0.1) is 0 Å². The highest BCUT2D eigenvalue weighted by Crippen LogP contribution is 2.17. The Morgan fingerprint density at radius 1 is 1.33 bits per heavy atom. The summed E-state index contributed by atoms with van der Waals surface area (Å²) in [5.41, 5.74) is 0. The van der Waals surface area contributed by atoms with Crippen LogP contribution in [0.4, 0.5) is 5.82 Å². The van der Waals surface area contributed by atoms with Gasteiger partial charge in [0.15, 0.2) is 0 Å². The van der Waals surface area contributed by atoms with Crippen molar-refractivity contribution in [3.05, 3.63) is 30.1 Å². The molecule has 0 aliphatic carbocycles. The number of anilines is 1. The minimum atomic E-state index is 0.297. The van der Waals surface area contributed by atoms with E-state index in [1.807, 2.05) is 23.8 Å². The molecule has 2 heterocycles. The van der Waals surface area contributed by atoms with Gasteiger partial charge in [0, 0.05) is 30.9 Å². The Hall–Kier alpha value is -1.91. The second-order valence-corrected chi connectivity index (χ2v) is 4.50. The van der Waals surface area contributed by atoms with Crippen LogP contribution in [-0.4, -0.2) is 26.1 Å². The standard InChI is InChI=1S/C13H19N5/c1-5-14-11-8-12(17-13(16-11)9(2)3)18-7-6-15-10(18)4/h6-9H,5H2,1-4H3,(H,14,16,17). The van der Waals surface area contributed by atoms with E-state index in [2.05, 4.69) is 41.0 Å². The second-order valence-electron chi connectivity index (χ2n) is 4.50. The summed E-state index contributed by atoms with van der Waals surface area (Å²) >= 11 is 0. The predicted octanol–water partition coefficient (Wildman–Crippen LogP) is 2.53. The van der Waals surface area contributed by atoms with E-state index in [4.69, 9.17) is 0 Å². The zero-order valence-electron chi connectivity index (χ0n) is 11.3. The van der Waals surface area contributed by atoms with Gasteiger partial charge in [0.1, 0.15) is 23.3 Å². The first-order valence-corrected chi connectivity index (χ1v) is 6.25. The Morgan fingerprint density at radius 2 is 2.11 bits per heavy atom. The molecular formula is C13H19N5. The Bertz CT molecular complexity index is 530. The molecule has 2 rings (SSSR count). The maximum Gasteiger partial charge on any atom is 0.143 e. The normalized spacial score (nSPS) is 10.9. The van der Waals surface area contributed by atoms with Crippen molar-refractivity contribution < 1.29 is 0 Å². The van der Waals surface area contributed by atoms with Crippen molar-refractivity contribution in [1.29, 1.82) is 0 Å². The van der Waals surface area contributed by atoms with E-state index in [1.54, 1.807) is 6.20 Å². The fraction of sp³-hybridized carbons (Fsp3) is 0.462. The summed E-state index contributed by atoms with van der Waals surface area (Å²) in [6, 6.07) is 1.95. The number of nitrogens with one attached hydrogen (secondary N) is 1. The molecule has 18 heavy (non-hydrogen) atoms. The van der Waals surface area contributed by atoms with Gasteiger partial charge in [0.2, 0.25) is 0 Å². The first-order chi connectivity index (χ1) is 8.61. The van der Waals surface area contributed by atoms with Crippen molar-refractivity contribution in [2.45, 2.75) is 33.6 Å². The van der Waals surface area contributed by atoms with E-state index >= 15 is 0 Å². The lowest BCUT2D eigenvalue weighted by atomic mass is 10.2. The third-order valence-electron chi connectivity index (χ3n) is 2.68. The quantitative estimate of drug-likeness (QED) is 0.899. The Balaban J connectivity index is 2.50. The molecule has 0 unspecified atom stereocenters. The molecule has 5 nitrogen and oxygen atoms in total. The largest absolute Gasteiger partial charge is 0.370 e. The van der Waals surface area contributed by atoms with Crippen LogP contribution in [0.15, 0.2) is 18.5 Å². The number of rotatable bonds is 4. The first-order valence-electron chi connectivity index (χ1n) is 6.25. The molecule has 0 radical (unpaired) electrons. The number of aromatic nitrogens is 4. The highest BCUT2D eigenvalue weighted by atomic mass is 15.1. The second kappa shape index (κ2) is 5.16. The van der Waals surface area contributed by atoms with Crippen LogP contribution >= 0.6 is 0 Å². The van der Waals surface area contributed by atoms with Gasteiger partial charge >= 0.3 is 0 Å². The summed E-state index contributed by atoms with van der Waals surface area (Å²) in [6.45, 7) is 9.05. The van der Waals surface area contributed by atoms with Gasteiger partial charge in [-0.15, -0.1) is 0 Å². The van der Waals surface area contributed by atoms with Crippen molar-refractivity contribution >= 4 is 5.82 Å². The maximum atomic E-state index is 4.59. The van der Waals surface area contributed by atoms with Crippen LogP contribution in [0.5, 0.6) is 0 Å². The molecule has 2 aromatic rings. The highest BCUT2D eigenvalue weighted by Gasteiger charge is 2.10. The molecule has 0 aliphatic rings. The molecule has 0 atom stereocenters. The number of hydrogen-bond acceptors (Lipinski definition) is 4. The van der Waals surface area contributed by atoms with E-state index in [0.717, 1.165) is 29.8 Å². The first kappa shape index (κ1) is 12.5. The topological polar surface area (TPSA) is 55.6 Å². The maximum absolute atomic E-state index is 4.59. The monoisotopic (exact) mass is 245 g/mol. The van der Waals surface area contributed by atoms with Crippen LogP contribution in [0, 0.1) is 6.92 Å². The van der Waals surface area contributed by atoms with Crippen molar-refractivity contribution in [1.82, 2.24) is 19.5 Å². The molecule has 2 aromatic heterocycles. The van der Waals surface area contributed by atoms with Gasteiger partial charge in [-0.3, -0.25) is 4.57 Å². The van der Waals surface area contributed by atoms with Gasteiger partial charge in [-0.05, 0) is 13.8 Å². The van der Waals surface area contributed by atoms with Gasteiger partial charge < -0.3 is 5.32 Å². The van der Waals surface area contributed by atoms with Gasteiger partial charge in [-0.25, -0.2) is 15.0 Å². The number of imidazole rings is 1. The molecule has 0 spiro atoms. The molecule has 5 heteroatoms. The van der Waals surface area contributed by atoms with E-state index in [1.165, 1.54) is 0 Å². The average Bonchev–Trinajstić information content (AvgIpc) is 2.75. The van der Waals surface area contributed by atoms with Crippen LogP contribution in [0.2, 0.25) is 0 Å². The molecule has 96 valence electrons. The Labute approximate surface area is 107 Å². The molecular weight excluding hydrogens is 226 g/mol. The van der Waals surface area contributed by atoms with Crippen molar-refractivity contribution in [3.63, 3.8) is 0 Å². The lowest BCUT2D eigenvalue weighted by molar-refractivity contribution is 0.759. The summed E-state index contributed by atoms with van der Waals surface area (Å²) in [7, 11) is 0. The Kier molecular flexibility index (Phi) is 3.60. The molecule has 1 N–H and O–H groups in total. The van der Waals surface area contributed by atoms with Crippen molar-refractivity contribution in [2.75, 3.05) is 11.9 Å². The van der Waals surface area contributed by atoms with Gasteiger partial charge in [-0.2, -0.15) is 0 Å². The summed E-state index contributed by atoms with van der Waals surface area (Å²) < 4.78 is 1.97. The molecule has 0 bridgehead atoms. The number of aryl methyl sites for hydroxylation is 1. The SMILES string of the molecule is CCNc1cc(-n2ccnc2C)nc(C(C)C)n1. The Morgan fingerprint density at radius 3 is 2.67 bits per heavy atom. The third kappa shape index (κ3) is 2.50. The average molecular weight is 245 g/mol. The van der Waals surface area contributed by atoms with Gasteiger partial charge in [0.25, 0.3) is 0 Å². The van der Waals surface area contributed by atoms with E-state index < -0.39 is 0 Å². The summed E-state index contributed by atoms with van der Waals surface area (Å²) in [6.07, 6.45) is 3.69. The van der Waals surface area contributed by atoms with Crippen LogP contribution < -0.4 is 5.32 Å². The lowest BCUT2D eigenvalue weighted by Gasteiger charge is -2.12. The third-order valence-corrected chi connectivity index (χ3v) is 2.68. The van der Waals surface area contributed by atoms with E-state index in [9.17, 15) is 0 Å². The fourth-order valence-electron chi connectivity index (χ4n) is 1.73. The number of nitrogens with zero attached hydrogens (tertiary/aromatic N) is 4. The van der Waals surface area contributed by atoms with Crippen LogP contribution in [0.3, 0.4) is 0 Å². The van der Waals surface area contributed by atoms with Crippen LogP contribution in [0.1, 0.15) is 38.3 Å². The van der Waals surface area contributed by atoms with Gasteiger partial charge in [-0.1, -0.05) is 13.8 Å². The van der Waals surface area contributed by atoms with Crippen LogP contribution in [-0.2, 0) is 0 Å². The summed E-state index contributed by atoms with van der Waals surface area (Å²) in [5.74, 6) is 3.78. The zero-order chi connectivity index (χ0) is 13.1. The van der Waals surface area contributed by atoms with Crippen LogP contribution in [0.25, 0.3) is 5.82 Å². The molecule has 0 saturated carbocycles. The molecule has 0 aromatic carbocycles. The fourth-order valence-corrected chi connectivity index (χ4v) is 1.73. The smallest absolute Gasteiger partial charge is 0.143 e. The van der Waals surface area contributed by atoms with Crippen molar-refractivity contribution in [2.24, 2.45) is 0 Å². The summed E-state index contributed by atoms with van der Waals surface area (Å²) in [4.78, 5) is 13.3. The molecule has 0 saturated heterocycles. The van der Waals surface area contributed by atoms with E-state index in [0.29, 0.717) is 5.92 Å². The molecule has 0 amide bonds. The van der Waals surface area contributed by atoms with E-state index in [-0.39, 0.29) is 0 Å². The predicted molar refractivity (Wildman–Crippen MR) is 72.1 cm³/mol. The molecule has 0 fully saturated rings. The minimum Gasteiger partial charge on any atom is -0.370 e. The number of hydrogen-bond donors (Lipinski definition) is 1. The molecule has 0 aliphatic heterocycles. The zero-order valence-corrected chi connectivity index (χ0v) is 11.3.